The fourth-order valence-electron chi connectivity index (χ4n) is 1.74. The molecule has 0 atom stereocenters. The smallest absolute Gasteiger partial charge is 0.195 e. The Morgan fingerprint density at radius 1 is 1.38 bits per heavy atom. The lowest BCUT2D eigenvalue weighted by atomic mass is 10.2. The number of aromatic amines is 1. The molecule has 80 valence electrons. The van der Waals surface area contributed by atoms with Gasteiger partial charge in [0.15, 0.2) is 10.6 Å². The van der Waals surface area contributed by atoms with Crippen molar-refractivity contribution in [2.45, 2.75) is 0 Å². The van der Waals surface area contributed by atoms with E-state index in [2.05, 4.69) is 27.7 Å². The Morgan fingerprint density at radius 2 is 2.19 bits per heavy atom. The zero-order valence-corrected chi connectivity index (χ0v) is 10.2. The van der Waals surface area contributed by atoms with E-state index in [-0.39, 0.29) is 0 Å². The third-order valence-electron chi connectivity index (χ3n) is 2.60. The van der Waals surface area contributed by atoms with Crippen molar-refractivity contribution in [1.29, 1.82) is 0 Å². The van der Waals surface area contributed by atoms with Crippen LogP contribution in [0.25, 0.3) is 21.5 Å². The standard InChI is InChI=1S/C11H9N3S2/c1-14-10(12-13-11(14)15)8-6-16-9-5-3-2-4-7(8)9/h2-6H,1H3,(H,13,15). The Kier molecular flexibility index (Phi) is 2.15. The van der Waals surface area contributed by atoms with E-state index in [1.807, 2.05) is 23.7 Å². The maximum Gasteiger partial charge on any atom is 0.195 e. The minimum absolute atomic E-state index is 0.644. The van der Waals surface area contributed by atoms with Crippen LogP contribution in [0.15, 0.2) is 29.6 Å². The molecule has 0 saturated carbocycles. The van der Waals surface area contributed by atoms with Crippen LogP contribution < -0.4 is 0 Å². The van der Waals surface area contributed by atoms with Crippen LogP contribution in [0.5, 0.6) is 0 Å². The Morgan fingerprint density at radius 3 is 2.94 bits per heavy atom. The molecule has 0 bridgehead atoms. The highest BCUT2D eigenvalue weighted by atomic mass is 32.1. The zero-order valence-electron chi connectivity index (χ0n) is 8.60. The lowest BCUT2D eigenvalue weighted by molar-refractivity contribution is 0.903. The number of nitrogens with zero attached hydrogens (tertiary/aromatic N) is 2. The van der Waals surface area contributed by atoms with E-state index in [4.69, 9.17) is 12.2 Å². The van der Waals surface area contributed by atoms with Gasteiger partial charge in [-0.05, 0) is 18.3 Å². The van der Waals surface area contributed by atoms with Gasteiger partial charge in [0, 0.05) is 28.1 Å². The topological polar surface area (TPSA) is 33.6 Å². The molecule has 2 aromatic heterocycles. The summed E-state index contributed by atoms with van der Waals surface area (Å²) in [6.45, 7) is 0. The summed E-state index contributed by atoms with van der Waals surface area (Å²) < 4.78 is 3.81. The Bertz CT molecular complexity index is 705. The van der Waals surface area contributed by atoms with E-state index < -0.39 is 0 Å². The highest BCUT2D eigenvalue weighted by Gasteiger charge is 2.10. The molecule has 0 unspecified atom stereocenters. The Labute approximate surface area is 101 Å². The first-order valence-corrected chi connectivity index (χ1v) is 6.14. The molecule has 0 aliphatic rings. The molecule has 3 aromatic rings. The number of fused-ring (bicyclic) bond motifs is 1. The average Bonchev–Trinajstić information content (AvgIpc) is 2.85. The van der Waals surface area contributed by atoms with Gasteiger partial charge in [0.1, 0.15) is 0 Å². The molecule has 2 heterocycles. The SMILES string of the molecule is Cn1c(-c2csc3ccccc23)n[nH]c1=S. The normalized spacial score (nSPS) is 11.1. The number of hydrogen-bond donors (Lipinski definition) is 1. The largest absolute Gasteiger partial charge is 0.303 e. The molecule has 16 heavy (non-hydrogen) atoms. The van der Waals surface area contributed by atoms with Crippen LogP contribution in [0.1, 0.15) is 0 Å². The number of rotatable bonds is 1. The number of hydrogen-bond acceptors (Lipinski definition) is 3. The number of aromatic nitrogens is 3. The van der Waals surface area contributed by atoms with Crippen molar-refractivity contribution in [3.05, 3.63) is 34.4 Å². The van der Waals surface area contributed by atoms with Gasteiger partial charge in [-0.15, -0.1) is 11.3 Å². The molecule has 0 spiro atoms. The summed E-state index contributed by atoms with van der Waals surface area (Å²) in [5.74, 6) is 0.891. The first-order valence-electron chi connectivity index (χ1n) is 4.85. The van der Waals surface area contributed by atoms with Crippen molar-refractivity contribution < 1.29 is 0 Å². The Balaban J connectivity index is 2.34. The summed E-state index contributed by atoms with van der Waals surface area (Å²) in [7, 11) is 1.92. The van der Waals surface area contributed by atoms with Crippen molar-refractivity contribution in [3.63, 3.8) is 0 Å². The van der Waals surface area contributed by atoms with E-state index in [0.29, 0.717) is 4.77 Å². The Hall–Kier alpha value is -1.46. The van der Waals surface area contributed by atoms with Crippen LogP contribution in [-0.2, 0) is 7.05 Å². The first-order chi connectivity index (χ1) is 7.77. The van der Waals surface area contributed by atoms with Crippen LogP contribution in [0.3, 0.4) is 0 Å². The van der Waals surface area contributed by atoms with Gasteiger partial charge in [0.05, 0.1) is 0 Å². The fourth-order valence-corrected chi connectivity index (χ4v) is 2.81. The highest BCUT2D eigenvalue weighted by molar-refractivity contribution is 7.71. The summed E-state index contributed by atoms with van der Waals surface area (Å²) >= 11 is 6.84. The lowest BCUT2D eigenvalue weighted by Crippen LogP contribution is -1.91. The van der Waals surface area contributed by atoms with Crippen molar-refractivity contribution >= 4 is 33.6 Å². The van der Waals surface area contributed by atoms with Gasteiger partial charge in [-0.3, -0.25) is 5.10 Å². The molecule has 0 saturated heterocycles. The fraction of sp³-hybridized carbons (Fsp3) is 0.0909. The third kappa shape index (κ3) is 1.32. The minimum Gasteiger partial charge on any atom is -0.303 e. The highest BCUT2D eigenvalue weighted by Crippen LogP contribution is 2.32. The van der Waals surface area contributed by atoms with E-state index in [0.717, 1.165) is 11.4 Å². The lowest BCUT2D eigenvalue weighted by Gasteiger charge is -1.98. The summed E-state index contributed by atoms with van der Waals surface area (Å²) in [5.41, 5.74) is 1.13. The predicted molar refractivity (Wildman–Crippen MR) is 69.2 cm³/mol. The molecule has 3 rings (SSSR count). The zero-order chi connectivity index (χ0) is 11.1. The van der Waals surface area contributed by atoms with Crippen LogP contribution in [-0.4, -0.2) is 14.8 Å². The summed E-state index contributed by atoms with van der Waals surface area (Å²) in [4.78, 5) is 0. The monoisotopic (exact) mass is 247 g/mol. The molecule has 1 N–H and O–H groups in total. The summed E-state index contributed by atoms with van der Waals surface area (Å²) in [6, 6.07) is 8.31. The van der Waals surface area contributed by atoms with Crippen molar-refractivity contribution in [2.24, 2.45) is 7.05 Å². The molecule has 3 nitrogen and oxygen atoms in total. The molecule has 5 heteroatoms. The van der Waals surface area contributed by atoms with Gasteiger partial charge in [-0.25, -0.2) is 0 Å². The van der Waals surface area contributed by atoms with Crippen LogP contribution in [0, 0.1) is 4.77 Å². The van der Waals surface area contributed by atoms with Crippen molar-refractivity contribution in [3.8, 4) is 11.4 Å². The molecular weight excluding hydrogens is 238 g/mol. The molecule has 0 radical (unpaired) electrons. The number of H-pyrrole nitrogens is 1. The van der Waals surface area contributed by atoms with E-state index in [1.54, 1.807) is 11.3 Å². The summed E-state index contributed by atoms with van der Waals surface area (Å²) in [5, 5.41) is 10.4. The second kappa shape index (κ2) is 3.54. The molecule has 0 amide bonds. The second-order valence-corrected chi connectivity index (χ2v) is 4.85. The average molecular weight is 247 g/mol. The van der Waals surface area contributed by atoms with Crippen molar-refractivity contribution in [2.75, 3.05) is 0 Å². The van der Waals surface area contributed by atoms with Crippen LogP contribution in [0.2, 0.25) is 0 Å². The number of thiophene rings is 1. The van der Waals surface area contributed by atoms with Gasteiger partial charge < -0.3 is 4.57 Å². The van der Waals surface area contributed by atoms with Gasteiger partial charge in [-0.1, -0.05) is 18.2 Å². The minimum atomic E-state index is 0.644. The van der Waals surface area contributed by atoms with E-state index in [9.17, 15) is 0 Å². The first kappa shape index (κ1) is 9.74. The van der Waals surface area contributed by atoms with Crippen molar-refractivity contribution in [1.82, 2.24) is 14.8 Å². The molecule has 0 aliphatic heterocycles. The van der Waals surface area contributed by atoms with Gasteiger partial charge in [-0.2, -0.15) is 5.10 Å². The maximum atomic E-state index is 5.12. The number of benzene rings is 1. The van der Waals surface area contributed by atoms with Crippen LogP contribution in [0.4, 0.5) is 0 Å². The van der Waals surface area contributed by atoms with E-state index >= 15 is 0 Å². The van der Waals surface area contributed by atoms with Gasteiger partial charge in [0.2, 0.25) is 0 Å². The van der Waals surface area contributed by atoms with Crippen LogP contribution >= 0.6 is 23.6 Å². The maximum absolute atomic E-state index is 5.12. The van der Waals surface area contributed by atoms with Gasteiger partial charge >= 0.3 is 0 Å². The third-order valence-corrected chi connectivity index (χ3v) is 3.93. The van der Waals surface area contributed by atoms with E-state index in [1.165, 1.54) is 10.1 Å². The predicted octanol–water partition coefficient (Wildman–Crippen LogP) is 3.36. The number of nitrogens with one attached hydrogen (secondary N) is 1. The second-order valence-electron chi connectivity index (χ2n) is 3.56. The molecule has 0 fully saturated rings. The molecule has 0 aliphatic carbocycles. The quantitative estimate of drug-likeness (QED) is 0.669. The molecule has 1 aromatic carbocycles. The summed E-state index contributed by atoms with van der Waals surface area (Å²) in [6.07, 6.45) is 0. The van der Waals surface area contributed by atoms with Gasteiger partial charge in [0.25, 0.3) is 0 Å². The molecular formula is C11H9N3S2.